The standard InChI is InChI=1S/C25H24N6O5/c1-13-22-17(15-9-19(35-3)23(33)20(10-15)36-4)11-21(32)28-24(22)31(30-13)25-27-18(12-26-29-25)14-6-5-7-16(8-14)34-2/h5-10,12,17,33H,11H2,1-4H3,(H,28,32)/t17-/m1/s1. The molecule has 0 bridgehead atoms. The molecule has 2 aromatic heterocycles. The molecular weight excluding hydrogens is 464 g/mol. The highest BCUT2D eigenvalue weighted by molar-refractivity contribution is 5.95. The normalized spacial score (nSPS) is 14.7. The average molecular weight is 489 g/mol. The molecule has 0 saturated carbocycles. The van der Waals surface area contributed by atoms with Crippen LogP contribution in [0.15, 0.2) is 42.6 Å². The van der Waals surface area contributed by atoms with E-state index in [-0.39, 0.29) is 41.4 Å². The van der Waals surface area contributed by atoms with E-state index in [2.05, 4.69) is 25.6 Å². The number of anilines is 1. The van der Waals surface area contributed by atoms with Gasteiger partial charge in [0.15, 0.2) is 11.5 Å². The summed E-state index contributed by atoms with van der Waals surface area (Å²) in [6, 6.07) is 10.8. The topological polar surface area (TPSA) is 134 Å². The van der Waals surface area contributed by atoms with Crippen molar-refractivity contribution in [2.75, 3.05) is 26.6 Å². The molecule has 184 valence electrons. The van der Waals surface area contributed by atoms with Crippen LogP contribution < -0.4 is 19.5 Å². The van der Waals surface area contributed by atoms with Gasteiger partial charge in [-0.15, -0.1) is 5.10 Å². The number of phenolic OH excluding ortho intramolecular Hbond substituents is 1. The fourth-order valence-corrected chi connectivity index (χ4v) is 4.40. The minimum Gasteiger partial charge on any atom is -0.502 e. The molecule has 0 unspecified atom stereocenters. The molecule has 1 aliphatic rings. The number of benzene rings is 2. The summed E-state index contributed by atoms with van der Waals surface area (Å²) in [5.41, 5.74) is 3.61. The summed E-state index contributed by atoms with van der Waals surface area (Å²) in [5, 5.41) is 26.2. The van der Waals surface area contributed by atoms with Gasteiger partial charge in [-0.3, -0.25) is 4.79 Å². The molecule has 3 heterocycles. The van der Waals surface area contributed by atoms with Gasteiger partial charge in [-0.05, 0) is 36.8 Å². The maximum Gasteiger partial charge on any atom is 0.272 e. The fourth-order valence-electron chi connectivity index (χ4n) is 4.40. The number of ether oxygens (including phenoxy) is 3. The summed E-state index contributed by atoms with van der Waals surface area (Å²) in [7, 11) is 4.51. The number of carbonyl (C=O) groups is 1. The van der Waals surface area contributed by atoms with Crippen LogP contribution in [0.5, 0.6) is 23.0 Å². The Kier molecular flexibility index (Phi) is 5.88. The summed E-state index contributed by atoms with van der Waals surface area (Å²) >= 11 is 0. The van der Waals surface area contributed by atoms with Gasteiger partial charge in [-0.1, -0.05) is 12.1 Å². The summed E-state index contributed by atoms with van der Waals surface area (Å²) in [6.45, 7) is 1.86. The second kappa shape index (κ2) is 9.17. The Hall–Kier alpha value is -4.67. The molecule has 11 heteroatoms. The predicted molar refractivity (Wildman–Crippen MR) is 130 cm³/mol. The lowest BCUT2D eigenvalue weighted by atomic mass is 9.85. The van der Waals surface area contributed by atoms with Gasteiger partial charge >= 0.3 is 0 Å². The number of aromatic nitrogens is 5. The first-order valence-electron chi connectivity index (χ1n) is 11.1. The molecule has 0 fully saturated rings. The third-order valence-corrected chi connectivity index (χ3v) is 6.11. The molecule has 11 nitrogen and oxygen atoms in total. The molecule has 0 saturated heterocycles. The molecule has 0 spiro atoms. The molecule has 2 N–H and O–H groups in total. The number of amides is 1. The van der Waals surface area contributed by atoms with E-state index in [4.69, 9.17) is 14.2 Å². The first kappa shape index (κ1) is 23.1. The Morgan fingerprint density at radius 2 is 1.83 bits per heavy atom. The number of hydrogen-bond donors (Lipinski definition) is 2. The quantitative estimate of drug-likeness (QED) is 0.419. The van der Waals surface area contributed by atoms with Crippen molar-refractivity contribution in [3.63, 3.8) is 0 Å². The van der Waals surface area contributed by atoms with Crippen LogP contribution in [0, 0.1) is 6.92 Å². The van der Waals surface area contributed by atoms with Crippen LogP contribution in [0.25, 0.3) is 17.2 Å². The highest BCUT2D eigenvalue weighted by Crippen LogP contribution is 2.45. The van der Waals surface area contributed by atoms with E-state index in [1.54, 1.807) is 25.4 Å². The minimum atomic E-state index is -0.361. The highest BCUT2D eigenvalue weighted by Gasteiger charge is 2.34. The van der Waals surface area contributed by atoms with Crippen LogP contribution in [-0.4, -0.2) is 57.3 Å². The van der Waals surface area contributed by atoms with E-state index in [0.29, 0.717) is 23.0 Å². The van der Waals surface area contributed by atoms with Gasteiger partial charge in [0, 0.05) is 23.5 Å². The van der Waals surface area contributed by atoms with Gasteiger partial charge in [0.1, 0.15) is 11.6 Å². The summed E-state index contributed by atoms with van der Waals surface area (Å²) in [6.07, 6.45) is 1.73. The van der Waals surface area contributed by atoms with Crippen molar-refractivity contribution in [2.45, 2.75) is 19.3 Å². The zero-order valence-electron chi connectivity index (χ0n) is 20.1. The lowest BCUT2D eigenvalue weighted by Gasteiger charge is -2.25. The molecular formula is C25H24N6O5. The number of carbonyl (C=O) groups excluding carboxylic acids is 1. The van der Waals surface area contributed by atoms with Crippen LogP contribution in [0.1, 0.15) is 29.2 Å². The molecule has 1 amide bonds. The van der Waals surface area contributed by atoms with Gasteiger partial charge in [0.2, 0.25) is 11.7 Å². The Labute approximate surface area is 206 Å². The first-order chi connectivity index (χ1) is 17.4. The van der Waals surface area contributed by atoms with E-state index in [0.717, 1.165) is 16.7 Å². The molecule has 4 aromatic rings. The molecule has 2 aromatic carbocycles. The van der Waals surface area contributed by atoms with Crippen LogP contribution >= 0.6 is 0 Å². The number of nitrogens with one attached hydrogen (secondary N) is 1. The lowest BCUT2D eigenvalue weighted by molar-refractivity contribution is -0.116. The van der Waals surface area contributed by atoms with E-state index in [1.165, 1.54) is 18.9 Å². The number of aryl methyl sites for hydroxylation is 1. The lowest BCUT2D eigenvalue weighted by Crippen LogP contribution is -2.25. The monoisotopic (exact) mass is 488 g/mol. The molecule has 0 aliphatic carbocycles. The number of methoxy groups -OCH3 is 3. The number of fused-ring (bicyclic) bond motifs is 1. The van der Waals surface area contributed by atoms with Gasteiger partial charge in [0.05, 0.1) is 38.9 Å². The Morgan fingerprint density at radius 3 is 2.53 bits per heavy atom. The molecule has 5 rings (SSSR count). The van der Waals surface area contributed by atoms with Crippen LogP contribution in [0.3, 0.4) is 0 Å². The van der Waals surface area contributed by atoms with Crippen molar-refractivity contribution < 1.29 is 24.1 Å². The van der Waals surface area contributed by atoms with Crippen LogP contribution in [0.4, 0.5) is 5.82 Å². The van der Waals surface area contributed by atoms with Crippen LogP contribution in [-0.2, 0) is 4.79 Å². The summed E-state index contributed by atoms with van der Waals surface area (Å²) < 4.78 is 17.4. The van der Waals surface area contributed by atoms with Crippen molar-refractivity contribution in [2.24, 2.45) is 0 Å². The summed E-state index contributed by atoms with van der Waals surface area (Å²) in [5.74, 6) is 1.20. The highest BCUT2D eigenvalue weighted by atomic mass is 16.5. The fraction of sp³-hybridized carbons (Fsp3) is 0.240. The Balaban J connectivity index is 1.62. The maximum atomic E-state index is 12.8. The zero-order chi connectivity index (χ0) is 25.4. The van der Waals surface area contributed by atoms with Crippen molar-refractivity contribution >= 4 is 11.7 Å². The largest absolute Gasteiger partial charge is 0.502 e. The van der Waals surface area contributed by atoms with E-state index >= 15 is 0 Å². The Bertz CT molecular complexity index is 1440. The maximum absolute atomic E-state index is 12.8. The zero-order valence-corrected chi connectivity index (χ0v) is 20.1. The van der Waals surface area contributed by atoms with Crippen LogP contribution in [0.2, 0.25) is 0 Å². The third-order valence-electron chi connectivity index (χ3n) is 6.11. The molecule has 36 heavy (non-hydrogen) atoms. The SMILES string of the molecule is COc1cccc(-c2cnnc(-n3nc(C)c4c3NC(=O)C[C@@H]4c3cc(OC)c(O)c(OC)c3)n2)c1. The van der Waals surface area contributed by atoms with Crippen molar-refractivity contribution in [3.05, 3.63) is 59.4 Å². The number of phenols is 1. The number of nitrogens with zero attached hydrogens (tertiary/aromatic N) is 5. The molecule has 1 atom stereocenters. The van der Waals surface area contributed by atoms with Gasteiger partial charge in [-0.25, -0.2) is 4.98 Å². The number of rotatable bonds is 6. The third kappa shape index (κ3) is 3.94. The van der Waals surface area contributed by atoms with Gasteiger partial charge in [-0.2, -0.15) is 14.9 Å². The smallest absolute Gasteiger partial charge is 0.272 e. The van der Waals surface area contributed by atoms with Crippen molar-refractivity contribution in [1.29, 1.82) is 0 Å². The van der Waals surface area contributed by atoms with E-state index in [9.17, 15) is 9.90 Å². The first-order valence-corrected chi connectivity index (χ1v) is 11.1. The van der Waals surface area contributed by atoms with E-state index in [1.807, 2.05) is 31.2 Å². The second-order valence-corrected chi connectivity index (χ2v) is 8.21. The minimum absolute atomic E-state index is 0.106. The molecule has 0 radical (unpaired) electrons. The second-order valence-electron chi connectivity index (χ2n) is 8.21. The van der Waals surface area contributed by atoms with Gasteiger partial charge < -0.3 is 24.6 Å². The average Bonchev–Trinajstić information content (AvgIpc) is 3.24. The van der Waals surface area contributed by atoms with E-state index < -0.39 is 0 Å². The molecule has 1 aliphatic heterocycles. The van der Waals surface area contributed by atoms with Gasteiger partial charge in [0.25, 0.3) is 5.95 Å². The van der Waals surface area contributed by atoms with Crippen molar-refractivity contribution in [1.82, 2.24) is 25.0 Å². The Morgan fingerprint density at radius 1 is 1.08 bits per heavy atom. The number of hydrogen-bond acceptors (Lipinski definition) is 9. The summed E-state index contributed by atoms with van der Waals surface area (Å²) in [4.78, 5) is 17.4. The van der Waals surface area contributed by atoms with Crippen molar-refractivity contribution in [3.8, 4) is 40.2 Å². The predicted octanol–water partition coefficient (Wildman–Crippen LogP) is 3.24. The number of aromatic hydroxyl groups is 1.